The zero-order valence-corrected chi connectivity index (χ0v) is 14.1. The smallest absolute Gasteiger partial charge is 0.259 e. The maximum atomic E-state index is 12.7. The Morgan fingerprint density at radius 2 is 1.55 bits per heavy atom. The maximum absolute atomic E-state index is 12.7. The summed E-state index contributed by atoms with van der Waals surface area (Å²) >= 11 is 0. The van der Waals surface area contributed by atoms with Gasteiger partial charge in [0.15, 0.2) is 0 Å². The molecule has 2 aromatic rings. The second kappa shape index (κ2) is 5.87. The minimum absolute atomic E-state index is 0.0439. The molecule has 1 heterocycles. The van der Waals surface area contributed by atoms with Crippen molar-refractivity contribution in [3.8, 4) is 0 Å². The molecular weight excluding hydrogens is 274 g/mol. The van der Waals surface area contributed by atoms with Crippen LogP contribution in [0, 0.1) is 20.8 Å². The fraction of sp³-hybridized carbons (Fsp3) is 0.389. The Balaban J connectivity index is 2.39. The van der Waals surface area contributed by atoms with Crippen LogP contribution in [0.5, 0.6) is 0 Å². The van der Waals surface area contributed by atoms with Crippen LogP contribution in [0.4, 0.5) is 5.69 Å². The minimum atomic E-state index is -0.160. The molecule has 0 aliphatic rings. The van der Waals surface area contributed by atoms with Crippen molar-refractivity contribution in [3.05, 3.63) is 52.6 Å². The first-order chi connectivity index (χ1) is 10.2. The highest BCUT2D eigenvalue weighted by molar-refractivity contribution is 6.06. The number of carbonyl (C=O) groups excluding carboxylic acids is 1. The molecule has 0 atom stereocenters. The summed E-state index contributed by atoms with van der Waals surface area (Å²) in [5.41, 5.74) is 3.85. The zero-order chi connectivity index (χ0) is 16.5. The van der Waals surface area contributed by atoms with Gasteiger partial charge in [-0.05, 0) is 37.8 Å². The molecule has 1 aromatic carbocycles. The molecular formula is C18H23N3O. The van der Waals surface area contributed by atoms with Gasteiger partial charge in [-0.1, -0.05) is 39.0 Å². The predicted octanol–water partition coefficient (Wildman–Crippen LogP) is 3.95. The molecule has 0 saturated heterocycles. The van der Waals surface area contributed by atoms with E-state index in [-0.39, 0.29) is 11.3 Å². The first kappa shape index (κ1) is 16.1. The summed E-state index contributed by atoms with van der Waals surface area (Å²) in [5, 5.41) is 3.02. The van der Waals surface area contributed by atoms with E-state index in [0.717, 1.165) is 11.3 Å². The average molecular weight is 297 g/mol. The molecule has 4 heteroatoms. The predicted molar refractivity (Wildman–Crippen MR) is 89.3 cm³/mol. The highest BCUT2D eigenvalue weighted by atomic mass is 16.1. The molecule has 0 fully saturated rings. The van der Waals surface area contributed by atoms with Gasteiger partial charge >= 0.3 is 0 Å². The lowest BCUT2D eigenvalue weighted by Gasteiger charge is -2.23. The molecule has 1 N–H and O–H groups in total. The number of carbonyl (C=O) groups is 1. The van der Waals surface area contributed by atoms with Crippen molar-refractivity contribution in [2.45, 2.75) is 47.0 Å². The average Bonchev–Trinajstić information content (AvgIpc) is 2.36. The van der Waals surface area contributed by atoms with Crippen LogP contribution in [0.25, 0.3) is 0 Å². The lowest BCUT2D eigenvalue weighted by molar-refractivity contribution is 0.102. The van der Waals surface area contributed by atoms with Crippen LogP contribution in [-0.4, -0.2) is 15.9 Å². The number of nitrogens with one attached hydrogen (secondary N) is 1. The van der Waals surface area contributed by atoms with Crippen LogP contribution >= 0.6 is 0 Å². The highest BCUT2D eigenvalue weighted by Crippen LogP contribution is 2.29. The number of amides is 1. The second-order valence-corrected chi connectivity index (χ2v) is 6.57. The van der Waals surface area contributed by atoms with Gasteiger partial charge in [0, 0.05) is 5.69 Å². The Bertz CT molecular complexity index is 692. The molecule has 22 heavy (non-hydrogen) atoms. The summed E-state index contributed by atoms with van der Waals surface area (Å²) in [6.07, 6.45) is 0. The van der Waals surface area contributed by atoms with E-state index < -0.39 is 0 Å². The molecule has 0 unspecified atom stereocenters. The van der Waals surface area contributed by atoms with E-state index in [1.54, 1.807) is 0 Å². The fourth-order valence-electron chi connectivity index (χ4n) is 2.64. The largest absolute Gasteiger partial charge is 0.322 e. The zero-order valence-electron chi connectivity index (χ0n) is 14.1. The van der Waals surface area contributed by atoms with Crippen molar-refractivity contribution in [3.63, 3.8) is 0 Å². The van der Waals surface area contributed by atoms with E-state index in [4.69, 9.17) is 0 Å². The third-order valence-corrected chi connectivity index (χ3v) is 3.59. The number of anilines is 1. The summed E-state index contributed by atoms with van der Waals surface area (Å²) in [7, 11) is 0. The normalized spacial score (nSPS) is 11.4. The van der Waals surface area contributed by atoms with Gasteiger partial charge in [-0.15, -0.1) is 0 Å². The van der Waals surface area contributed by atoms with Crippen molar-refractivity contribution >= 4 is 11.6 Å². The molecule has 0 aliphatic heterocycles. The van der Waals surface area contributed by atoms with E-state index in [1.165, 1.54) is 0 Å². The van der Waals surface area contributed by atoms with Gasteiger partial charge in [0.05, 0.1) is 17.0 Å². The van der Waals surface area contributed by atoms with Gasteiger partial charge in [-0.3, -0.25) is 4.79 Å². The van der Waals surface area contributed by atoms with Crippen LogP contribution in [0.15, 0.2) is 24.3 Å². The number of rotatable bonds is 2. The monoisotopic (exact) mass is 297 g/mol. The van der Waals surface area contributed by atoms with E-state index in [2.05, 4.69) is 36.1 Å². The first-order valence-corrected chi connectivity index (χ1v) is 7.43. The fourth-order valence-corrected chi connectivity index (χ4v) is 2.64. The number of aromatic nitrogens is 2. The first-order valence-electron chi connectivity index (χ1n) is 7.43. The molecule has 0 aliphatic carbocycles. The molecule has 4 nitrogen and oxygen atoms in total. The Labute approximate surface area is 132 Å². The maximum Gasteiger partial charge on any atom is 0.259 e. The summed E-state index contributed by atoms with van der Waals surface area (Å²) < 4.78 is 0. The number of para-hydroxylation sites is 1. The van der Waals surface area contributed by atoms with Crippen molar-refractivity contribution in [1.29, 1.82) is 0 Å². The highest BCUT2D eigenvalue weighted by Gasteiger charge is 2.21. The van der Waals surface area contributed by atoms with Gasteiger partial charge in [-0.25, -0.2) is 9.97 Å². The van der Waals surface area contributed by atoms with Crippen LogP contribution in [0.3, 0.4) is 0 Å². The van der Waals surface area contributed by atoms with E-state index >= 15 is 0 Å². The van der Waals surface area contributed by atoms with Crippen LogP contribution in [0.1, 0.15) is 53.9 Å². The molecule has 0 bridgehead atoms. The van der Waals surface area contributed by atoms with Crippen molar-refractivity contribution in [2.24, 2.45) is 0 Å². The number of aryl methyl sites for hydroxylation is 3. The number of hydrogen-bond acceptors (Lipinski definition) is 3. The van der Waals surface area contributed by atoms with Crippen LogP contribution in [0.2, 0.25) is 0 Å². The topological polar surface area (TPSA) is 54.9 Å². The third kappa shape index (κ3) is 3.32. The van der Waals surface area contributed by atoms with E-state index in [1.807, 2.05) is 45.0 Å². The lowest BCUT2D eigenvalue weighted by Crippen LogP contribution is -2.21. The van der Waals surface area contributed by atoms with Crippen LogP contribution < -0.4 is 5.32 Å². The minimum Gasteiger partial charge on any atom is -0.322 e. The van der Waals surface area contributed by atoms with Gasteiger partial charge in [0.2, 0.25) is 0 Å². The quantitative estimate of drug-likeness (QED) is 0.913. The summed E-state index contributed by atoms with van der Waals surface area (Å²) in [6.45, 7) is 11.9. The van der Waals surface area contributed by atoms with Gasteiger partial charge in [0.25, 0.3) is 5.91 Å². The van der Waals surface area contributed by atoms with Crippen LogP contribution in [-0.2, 0) is 5.41 Å². The van der Waals surface area contributed by atoms with Crippen molar-refractivity contribution in [1.82, 2.24) is 9.97 Å². The number of benzene rings is 1. The number of hydrogen-bond donors (Lipinski definition) is 1. The Hall–Kier alpha value is -2.23. The molecule has 2 rings (SSSR count). The van der Waals surface area contributed by atoms with Gasteiger partial charge < -0.3 is 5.32 Å². The Morgan fingerprint density at radius 3 is 2.09 bits per heavy atom. The molecule has 0 spiro atoms. The summed E-state index contributed by atoms with van der Waals surface area (Å²) in [5.74, 6) is 0.522. The summed E-state index contributed by atoms with van der Waals surface area (Å²) in [4.78, 5) is 21.2. The van der Waals surface area contributed by atoms with Crippen molar-refractivity contribution < 1.29 is 4.79 Å². The SMILES string of the molecule is Cc1nc(C)c(C(=O)Nc2ccccc2C(C)(C)C)c(C)n1. The molecule has 0 saturated carbocycles. The molecule has 1 aromatic heterocycles. The van der Waals surface area contributed by atoms with E-state index in [0.29, 0.717) is 22.8 Å². The van der Waals surface area contributed by atoms with Gasteiger partial charge in [0.1, 0.15) is 5.82 Å². The standard InChI is InChI=1S/C18H23N3O/c1-11-16(12(2)20-13(3)19-11)17(22)21-15-10-8-7-9-14(15)18(4,5)6/h7-10H,1-6H3,(H,21,22). The molecule has 116 valence electrons. The van der Waals surface area contributed by atoms with Crippen molar-refractivity contribution in [2.75, 3.05) is 5.32 Å². The molecule has 0 radical (unpaired) electrons. The van der Waals surface area contributed by atoms with E-state index in [9.17, 15) is 4.79 Å². The Morgan fingerprint density at radius 1 is 1.00 bits per heavy atom. The Kier molecular flexibility index (Phi) is 4.31. The lowest BCUT2D eigenvalue weighted by atomic mass is 9.86. The molecule has 1 amide bonds. The van der Waals surface area contributed by atoms with Gasteiger partial charge in [-0.2, -0.15) is 0 Å². The third-order valence-electron chi connectivity index (χ3n) is 3.59. The summed E-state index contributed by atoms with van der Waals surface area (Å²) in [6, 6.07) is 7.89. The number of nitrogens with zero attached hydrogens (tertiary/aromatic N) is 2. The second-order valence-electron chi connectivity index (χ2n) is 6.57.